The lowest BCUT2D eigenvalue weighted by molar-refractivity contribution is 0.000710. The fraction of sp³-hybridized carbons (Fsp3) is 0.500. The summed E-state index contributed by atoms with van der Waals surface area (Å²) in [5.41, 5.74) is 7.36. The Kier molecular flexibility index (Phi) is 4.62. The fourth-order valence-electron chi connectivity index (χ4n) is 1.43. The van der Waals surface area contributed by atoms with Crippen molar-refractivity contribution >= 4 is 27.3 Å². The van der Waals surface area contributed by atoms with Crippen LogP contribution in [0.15, 0.2) is 22.7 Å². The number of anilines is 2. The molecule has 0 bridgehead atoms. The lowest BCUT2D eigenvalue weighted by atomic mass is 10.1. The van der Waals surface area contributed by atoms with Crippen LogP contribution in [0.4, 0.5) is 11.4 Å². The molecular formula is C12H19BrN2O. The van der Waals surface area contributed by atoms with Gasteiger partial charge in [-0.1, -0.05) is 15.9 Å². The molecule has 0 amide bonds. The topological polar surface area (TPSA) is 47.3 Å². The van der Waals surface area contributed by atoms with Crippen LogP contribution in [-0.2, 0) is 4.74 Å². The minimum absolute atomic E-state index is 0.191. The summed E-state index contributed by atoms with van der Waals surface area (Å²) < 4.78 is 6.62. The average Bonchev–Trinajstić information content (AvgIpc) is 2.19. The summed E-state index contributed by atoms with van der Waals surface area (Å²) in [7, 11) is 0. The van der Waals surface area contributed by atoms with Crippen LogP contribution in [0.5, 0.6) is 0 Å². The molecule has 0 fully saturated rings. The highest BCUT2D eigenvalue weighted by molar-refractivity contribution is 9.10. The van der Waals surface area contributed by atoms with Gasteiger partial charge in [-0.25, -0.2) is 0 Å². The number of nitrogens with one attached hydrogen (secondary N) is 1. The van der Waals surface area contributed by atoms with Gasteiger partial charge in [-0.2, -0.15) is 0 Å². The van der Waals surface area contributed by atoms with E-state index in [4.69, 9.17) is 10.5 Å². The Labute approximate surface area is 105 Å². The van der Waals surface area contributed by atoms with Gasteiger partial charge in [0.2, 0.25) is 0 Å². The predicted octanol–water partition coefficient (Wildman–Crippen LogP) is 3.26. The second kappa shape index (κ2) is 5.55. The summed E-state index contributed by atoms with van der Waals surface area (Å²) in [4.78, 5) is 0. The SMILES string of the molecule is CCOC(C)(C)CNc1cc(Br)ccc1N. The van der Waals surface area contributed by atoms with Crippen LogP contribution in [0.1, 0.15) is 20.8 Å². The second-order valence-electron chi connectivity index (χ2n) is 4.28. The molecule has 3 N–H and O–H groups in total. The molecule has 1 rings (SSSR count). The van der Waals surface area contributed by atoms with Crippen LogP contribution in [0, 0.1) is 0 Å². The molecule has 0 heterocycles. The summed E-state index contributed by atoms with van der Waals surface area (Å²) in [6.45, 7) is 7.54. The van der Waals surface area contributed by atoms with Gasteiger partial charge in [-0.05, 0) is 39.0 Å². The Morgan fingerprint density at radius 2 is 2.12 bits per heavy atom. The van der Waals surface area contributed by atoms with E-state index in [9.17, 15) is 0 Å². The van der Waals surface area contributed by atoms with Crippen LogP contribution in [0.2, 0.25) is 0 Å². The predicted molar refractivity (Wildman–Crippen MR) is 72.7 cm³/mol. The van der Waals surface area contributed by atoms with Crippen molar-refractivity contribution in [2.75, 3.05) is 24.2 Å². The minimum Gasteiger partial charge on any atom is -0.397 e. The van der Waals surface area contributed by atoms with Crippen LogP contribution in [0.25, 0.3) is 0 Å². The van der Waals surface area contributed by atoms with Crippen molar-refractivity contribution in [1.29, 1.82) is 0 Å². The molecule has 3 nitrogen and oxygen atoms in total. The van der Waals surface area contributed by atoms with E-state index in [-0.39, 0.29) is 5.60 Å². The Balaban J connectivity index is 2.63. The van der Waals surface area contributed by atoms with E-state index in [1.54, 1.807) is 0 Å². The Morgan fingerprint density at radius 1 is 1.44 bits per heavy atom. The molecule has 1 aromatic rings. The summed E-state index contributed by atoms with van der Waals surface area (Å²) in [6.07, 6.45) is 0. The van der Waals surface area contributed by atoms with Crippen molar-refractivity contribution in [1.82, 2.24) is 0 Å². The van der Waals surface area contributed by atoms with Gasteiger partial charge in [-0.15, -0.1) is 0 Å². The molecule has 0 atom stereocenters. The molecule has 4 heteroatoms. The molecule has 90 valence electrons. The Morgan fingerprint density at radius 3 is 2.75 bits per heavy atom. The largest absolute Gasteiger partial charge is 0.397 e. The third kappa shape index (κ3) is 4.02. The third-order valence-corrected chi connectivity index (χ3v) is 2.75. The number of halogens is 1. The van der Waals surface area contributed by atoms with E-state index in [1.807, 2.05) is 25.1 Å². The molecule has 0 aliphatic heterocycles. The van der Waals surface area contributed by atoms with Crippen molar-refractivity contribution in [3.05, 3.63) is 22.7 Å². The summed E-state index contributed by atoms with van der Waals surface area (Å²) in [5, 5.41) is 3.30. The second-order valence-corrected chi connectivity index (χ2v) is 5.19. The maximum Gasteiger partial charge on any atom is 0.0797 e. The Hall–Kier alpha value is -0.740. The van der Waals surface area contributed by atoms with Crippen LogP contribution >= 0.6 is 15.9 Å². The van der Waals surface area contributed by atoms with E-state index in [0.29, 0.717) is 6.61 Å². The lowest BCUT2D eigenvalue weighted by Crippen LogP contribution is -2.33. The lowest BCUT2D eigenvalue weighted by Gasteiger charge is -2.25. The van der Waals surface area contributed by atoms with E-state index in [2.05, 4.69) is 35.1 Å². The highest BCUT2D eigenvalue weighted by Gasteiger charge is 2.17. The molecule has 0 unspecified atom stereocenters. The summed E-state index contributed by atoms with van der Waals surface area (Å²) >= 11 is 3.42. The molecule has 0 aromatic heterocycles. The van der Waals surface area contributed by atoms with Crippen molar-refractivity contribution in [2.45, 2.75) is 26.4 Å². The van der Waals surface area contributed by atoms with Gasteiger partial charge in [0.05, 0.1) is 17.0 Å². The zero-order valence-corrected chi connectivity index (χ0v) is 11.6. The van der Waals surface area contributed by atoms with Crippen LogP contribution in [0.3, 0.4) is 0 Å². The van der Waals surface area contributed by atoms with E-state index in [0.717, 1.165) is 22.4 Å². The molecule has 0 aliphatic carbocycles. The highest BCUT2D eigenvalue weighted by atomic mass is 79.9. The quantitative estimate of drug-likeness (QED) is 0.817. The number of ether oxygens (including phenoxy) is 1. The molecular weight excluding hydrogens is 268 g/mol. The van der Waals surface area contributed by atoms with E-state index < -0.39 is 0 Å². The van der Waals surface area contributed by atoms with Gasteiger partial charge in [-0.3, -0.25) is 0 Å². The van der Waals surface area contributed by atoms with Gasteiger partial charge < -0.3 is 15.8 Å². The number of rotatable bonds is 5. The number of nitrogen functional groups attached to an aromatic ring is 1. The zero-order chi connectivity index (χ0) is 12.2. The normalized spacial score (nSPS) is 11.5. The molecule has 0 saturated carbocycles. The zero-order valence-electron chi connectivity index (χ0n) is 10.0. The number of hydrogen-bond acceptors (Lipinski definition) is 3. The Bertz CT molecular complexity index is 353. The van der Waals surface area contributed by atoms with Gasteiger partial charge in [0.15, 0.2) is 0 Å². The first-order valence-electron chi connectivity index (χ1n) is 5.37. The smallest absolute Gasteiger partial charge is 0.0797 e. The van der Waals surface area contributed by atoms with Crippen molar-refractivity contribution in [3.63, 3.8) is 0 Å². The van der Waals surface area contributed by atoms with Gasteiger partial charge in [0.1, 0.15) is 0 Å². The minimum atomic E-state index is -0.191. The first-order valence-corrected chi connectivity index (χ1v) is 6.17. The van der Waals surface area contributed by atoms with Gasteiger partial charge >= 0.3 is 0 Å². The molecule has 16 heavy (non-hydrogen) atoms. The van der Waals surface area contributed by atoms with E-state index in [1.165, 1.54) is 0 Å². The molecule has 1 aromatic carbocycles. The van der Waals surface area contributed by atoms with E-state index >= 15 is 0 Å². The maximum atomic E-state index is 5.87. The fourth-order valence-corrected chi connectivity index (χ4v) is 1.79. The standard InChI is InChI=1S/C12H19BrN2O/c1-4-16-12(2,3)8-15-11-7-9(13)5-6-10(11)14/h5-7,15H,4,8,14H2,1-3H3. The van der Waals surface area contributed by atoms with Crippen LogP contribution in [-0.4, -0.2) is 18.8 Å². The molecule has 0 aliphatic rings. The van der Waals surface area contributed by atoms with Gasteiger partial charge in [0.25, 0.3) is 0 Å². The first-order chi connectivity index (χ1) is 7.44. The highest BCUT2D eigenvalue weighted by Crippen LogP contribution is 2.24. The molecule has 0 radical (unpaired) electrons. The number of hydrogen-bond donors (Lipinski definition) is 2. The van der Waals surface area contributed by atoms with Crippen molar-refractivity contribution in [3.8, 4) is 0 Å². The summed E-state index contributed by atoms with van der Waals surface area (Å²) in [5.74, 6) is 0. The van der Waals surface area contributed by atoms with Crippen LogP contribution < -0.4 is 11.1 Å². The molecule has 0 spiro atoms. The maximum absolute atomic E-state index is 5.87. The monoisotopic (exact) mass is 286 g/mol. The number of benzene rings is 1. The first kappa shape index (κ1) is 13.3. The number of nitrogens with two attached hydrogens (primary N) is 1. The third-order valence-electron chi connectivity index (χ3n) is 2.25. The molecule has 0 saturated heterocycles. The summed E-state index contributed by atoms with van der Waals surface area (Å²) in [6, 6.07) is 5.77. The van der Waals surface area contributed by atoms with Crippen molar-refractivity contribution < 1.29 is 4.74 Å². The average molecular weight is 287 g/mol. The van der Waals surface area contributed by atoms with Gasteiger partial charge in [0, 0.05) is 17.6 Å². The van der Waals surface area contributed by atoms with Crippen molar-refractivity contribution in [2.24, 2.45) is 0 Å².